The van der Waals surface area contributed by atoms with Gasteiger partial charge < -0.3 is 16.4 Å². The van der Waals surface area contributed by atoms with Crippen LogP contribution in [0.2, 0.25) is 0 Å². The minimum absolute atomic E-state index is 0. The Kier molecular flexibility index (Phi) is 8.12. The normalized spacial score (nSPS) is 22.9. The molecule has 4 N–H and O–H groups in total. The SMILES string of the molecule is Cl.Cl.Nc1nc(C2CC(N)C2)cc(N2CCCN(Cc3cccs3)CC2)n1. The van der Waals surface area contributed by atoms with Crippen molar-refractivity contribution < 1.29 is 0 Å². The number of thiophene rings is 1. The molecule has 0 spiro atoms. The molecule has 4 rings (SSSR count). The van der Waals surface area contributed by atoms with E-state index in [2.05, 4.69) is 43.3 Å². The molecule has 27 heavy (non-hydrogen) atoms. The van der Waals surface area contributed by atoms with Crippen LogP contribution in [0, 0.1) is 0 Å². The zero-order chi connectivity index (χ0) is 17.2. The Morgan fingerprint density at radius 3 is 2.63 bits per heavy atom. The molecule has 2 aromatic heterocycles. The Bertz CT molecular complexity index is 708. The van der Waals surface area contributed by atoms with Crippen molar-refractivity contribution in [2.75, 3.05) is 36.8 Å². The fraction of sp³-hybridized carbons (Fsp3) is 0.556. The van der Waals surface area contributed by atoms with Crippen molar-refractivity contribution in [3.63, 3.8) is 0 Å². The quantitative estimate of drug-likeness (QED) is 0.775. The first-order valence-corrected chi connectivity index (χ1v) is 9.95. The maximum absolute atomic E-state index is 5.98. The van der Waals surface area contributed by atoms with E-state index in [4.69, 9.17) is 11.5 Å². The summed E-state index contributed by atoms with van der Waals surface area (Å²) >= 11 is 1.83. The van der Waals surface area contributed by atoms with Gasteiger partial charge in [-0.25, -0.2) is 4.98 Å². The van der Waals surface area contributed by atoms with Gasteiger partial charge in [0.2, 0.25) is 5.95 Å². The predicted octanol–water partition coefficient (Wildman–Crippen LogP) is 2.88. The van der Waals surface area contributed by atoms with E-state index >= 15 is 0 Å². The van der Waals surface area contributed by atoms with Crippen molar-refractivity contribution in [3.8, 4) is 0 Å². The first-order chi connectivity index (χ1) is 12.2. The number of nitrogens with two attached hydrogens (primary N) is 2. The highest BCUT2D eigenvalue weighted by Gasteiger charge is 2.29. The Morgan fingerprint density at radius 1 is 1.11 bits per heavy atom. The Hall–Kier alpha value is -1.12. The summed E-state index contributed by atoms with van der Waals surface area (Å²) in [7, 11) is 0. The number of nitrogen functional groups attached to an aromatic ring is 1. The molecule has 1 saturated carbocycles. The lowest BCUT2D eigenvalue weighted by atomic mass is 9.78. The standard InChI is InChI=1S/C18H26N6S.2ClH/c19-14-9-13(10-14)16-11-17(22-18(20)21-16)24-5-2-4-23(6-7-24)12-15-3-1-8-25-15;;/h1,3,8,11,13-14H,2,4-7,9-10,12,19H2,(H2,20,21,22);2*1H. The van der Waals surface area contributed by atoms with Crippen LogP contribution in [0.25, 0.3) is 0 Å². The van der Waals surface area contributed by atoms with Crippen molar-refractivity contribution >= 4 is 47.9 Å². The summed E-state index contributed by atoms with van der Waals surface area (Å²) in [6.45, 7) is 5.21. The largest absolute Gasteiger partial charge is 0.368 e. The Labute approximate surface area is 177 Å². The average Bonchev–Trinajstić information content (AvgIpc) is 2.95. The van der Waals surface area contributed by atoms with Crippen molar-refractivity contribution in [3.05, 3.63) is 34.2 Å². The summed E-state index contributed by atoms with van der Waals surface area (Å²) < 4.78 is 0. The molecule has 0 atom stereocenters. The van der Waals surface area contributed by atoms with Crippen molar-refractivity contribution in [2.45, 2.75) is 37.8 Å². The summed E-state index contributed by atoms with van der Waals surface area (Å²) in [6, 6.07) is 6.78. The van der Waals surface area contributed by atoms with Gasteiger partial charge in [0.05, 0.1) is 5.69 Å². The van der Waals surface area contributed by atoms with Gasteiger partial charge in [0.15, 0.2) is 0 Å². The molecule has 1 saturated heterocycles. The van der Waals surface area contributed by atoms with E-state index in [0.717, 1.165) is 63.5 Å². The first-order valence-electron chi connectivity index (χ1n) is 9.07. The van der Waals surface area contributed by atoms with Crippen molar-refractivity contribution in [1.82, 2.24) is 14.9 Å². The van der Waals surface area contributed by atoms with Crippen LogP contribution in [0.4, 0.5) is 11.8 Å². The van der Waals surface area contributed by atoms with Crippen LogP contribution in [-0.2, 0) is 6.54 Å². The molecule has 1 aliphatic heterocycles. The Balaban J connectivity index is 0.00000131. The number of aromatic nitrogens is 2. The van der Waals surface area contributed by atoms with Gasteiger partial charge in [-0.15, -0.1) is 36.2 Å². The maximum Gasteiger partial charge on any atom is 0.222 e. The zero-order valence-electron chi connectivity index (χ0n) is 15.3. The van der Waals surface area contributed by atoms with Gasteiger partial charge >= 0.3 is 0 Å². The molecule has 0 aromatic carbocycles. The predicted molar refractivity (Wildman–Crippen MR) is 117 cm³/mol. The Morgan fingerprint density at radius 2 is 1.93 bits per heavy atom. The second-order valence-electron chi connectivity index (χ2n) is 7.13. The molecule has 1 aliphatic carbocycles. The van der Waals surface area contributed by atoms with Gasteiger partial charge in [0, 0.05) is 55.6 Å². The minimum atomic E-state index is 0. The summed E-state index contributed by atoms with van der Waals surface area (Å²) in [5.74, 6) is 1.80. The number of anilines is 2. The topological polar surface area (TPSA) is 84.3 Å². The highest BCUT2D eigenvalue weighted by atomic mass is 35.5. The van der Waals surface area contributed by atoms with Crippen LogP contribution in [0.5, 0.6) is 0 Å². The molecular formula is C18H28Cl2N6S. The molecule has 150 valence electrons. The van der Waals surface area contributed by atoms with Crippen LogP contribution >= 0.6 is 36.2 Å². The van der Waals surface area contributed by atoms with Gasteiger partial charge in [-0.2, -0.15) is 4.98 Å². The van der Waals surface area contributed by atoms with Gasteiger partial charge in [-0.1, -0.05) is 6.07 Å². The third kappa shape index (κ3) is 5.45. The lowest BCUT2D eigenvalue weighted by molar-refractivity contribution is 0.288. The highest BCUT2D eigenvalue weighted by molar-refractivity contribution is 7.09. The second kappa shape index (κ2) is 9.89. The van der Waals surface area contributed by atoms with E-state index < -0.39 is 0 Å². The van der Waals surface area contributed by atoms with Crippen LogP contribution < -0.4 is 16.4 Å². The van der Waals surface area contributed by atoms with Crippen molar-refractivity contribution in [1.29, 1.82) is 0 Å². The summed E-state index contributed by atoms with van der Waals surface area (Å²) in [4.78, 5) is 15.3. The fourth-order valence-corrected chi connectivity index (χ4v) is 4.47. The minimum Gasteiger partial charge on any atom is -0.368 e. The number of hydrogen-bond donors (Lipinski definition) is 2. The van der Waals surface area contributed by atoms with E-state index in [0.29, 0.717) is 17.9 Å². The van der Waals surface area contributed by atoms with Crippen LogP contribution in [0.3, 0.4) is 0 Å². The van der Waals surface area contributed by atoms with Crippen LogP contribution in [-0.4, -0.2) is 47.1 Å². The number of nitrogens with zero attached hydrogens (tertiary/aromatic N) is 4. The monoisotopic (exact) mass is 430 g/mol. The molecule has 0 amide bonds. The third-order valence-electron chi connectivity index (χ3n) is 5.21. The highest BCUT2D eigenvalue weighted by Crippen LogP contribution is 2.36. The molecule has 6 nitrogen and oxygen atoms in total. The van der Waals surface area contributed by atoms with Gasteiger partial charge in [-0.05, 0) is 30.7 Å². The molecule has 2 fully saturated rings. The van der Waals surface area contributed by atoms with Crippen molar-refractivity contribution in [2.24, 2.45) is 5.73 Å². The summed E-state index contributed by atoms with van der Waals surface area (Å²) in [5.41, 5.74) is 13.0. The molecule has 9 heteroatoms. The molecular weight excluding hydrogens is 403 g/mol. The molecule has 3 heterocycles. The summed E-state index contributed by atoms with van der Waals surface area (Å²) in [6.07, 6.45) is 3.15. The lowest BCUT2D eigenvalue weighted by Crippen LogP contribution is -2.35. The fourth-order valence-electron chi connectivity index (χ4n) is 3.73. The number of halogens is 2. The van der Waals surface area contributed by atoms with Crippen LogP contribution in [0.1, 0.15) is 35.8 Å². The molecule has 2 aromatic rings. The van der Waals surface area contributed by atoms with Crippen LogP contribution in [0.15, 0.2) is 23.6 Å². The lowest BCUT2D eigenvalue weighted by Gasteiger charge is -2.32. The van der Waals surface area contributed by atoms with Gasteiger partial charge in [0.25, 0.3) is 0 Å². The smallest absolute Gasteiger partial charge is 0.222 e. The number of hydrogen-bond acceptors (Lipinski definition) is 7. The van der Waals surface area contributed by atoms with E-state index in [-0.39, 0.29) is 24.8 Å². The third-order valence-corrected chi connectivity index (χ3v) is 6.08. The van der Waals surface area contributed by atoms with E-state index in [1.165, 1.54) is 4.88 Å². The second-order valence-corrected chi connectivity index (χ2v) is 8.17. The molecule has 0 bridgehead atoms. The maximum atomic E-state index is 5.98. The van der Waals surface area contributed by atoms with Gasteiger partial charge in [-0.3, -0.25) is 4.90 Å². The zero-order valence-corrected chi connectivity index (χ0v) is 17.7. The number of rotatable bonds is 4. The molecule has 0 unspecified atom stereocenters. The first kappa shape index (κ1) is 22.2. The van der Waals surface area contributed by atoms with Gasteiger partial charge in [0.1, 0.15) is 5.82 Å². The van der Waals surface area contributed by atoms with E-state index in [1.807, 2.05) is 11.3 Å². The van der Waals surface area contributed by atoms with E-state index in [1.54, 1.807) is 0 Å². The molecule has 0 radical (unpaired) electrons. The molecule has 2 aliphatic rings. The summed E-state index contributed by atoms with van der Waals surface area (Å²) in [5, 5.41) is 2.15. The average molecular weight is 431 g/mol. The van der Waals surface area contributed by atoms with E-state index in [9.17, 15) is 0 Å².